The van der Waals surface area contributed by atoms with Crippen molar-refractivity contribution in [1.29, 1.82) is 0 Å². The number of fused-ring (bicyclic) bond motifs is 3. The zero-order valence-electron chi connectivity index (χ0n) is 17.4. The Bertz CT molecular complexity index is 1020. The predicted molar refractivity (Wildman–Crippen MR) is 108 cm³/mol. The van der Waals surface area contributed by atoms with Crippen LogP contribution in [0.15, 0.2) is 23.0 Å². The van der Waals surface area contributed by atoms with Gasteiger partial charge in [0.1, 0.15) is 18.5 Å². The molecule has 8 heteroatoms. The molecule has 0 radical (unpaired) electrons. The van der Waals surface area contributed by atoms with E-state index in [0.29, 0.717) is 56.6 Å². The fourth-order valence-electron chi connectivity index (χ4n) is 3.92. The first-order valence-electron chi connectivity index (χ1n) is 9.94. The highest BCUT2D eigenvalue weighted by Crippen LogP contribution is 2.40. The lowest BCUT2D eigenvalue weighted by molar-refractivity contribution is -0.132. The second kappa shape index (κ2) is 8.49. The summed E-state index contributed by atoms with van der Waals surface area (Å²) in [6, 6.07) is 5.15. The summed E-state index contributed by atoms with van der Waals surface area (Å²) in [4.78, 5) is 24.2. The SMILES string of the molecule is COc1cc2c(cc1OC(C)=O)CCn1c-2c(C)c(OC[C@@H]2COCCO2)cc1=O. The average Bonchev–Trinajstić information content (AvgIpc) is 2.74. The summed E-state index contributed by atoms with van der Waals surface area (Å²) in [7, 11) is 1.52. The second-order valence-electron chi connectivity index (χ2n) is 7.35. The zero-order valence-corrected chi connectivity index (χ0v) is 17.4. The van der Waals surface area contributed by atoms with Gasteiger partial charge in [-0.05, 0) is 31.0 Å². The molecule has 30 heavy (non-hydrogen) atoms. The maximum Gasteiger partial charge on any atom is 0.308 e. The van der Waals surface area contributed by atoms with Crippen molar-refractivity contribution in [1.82, 2.24) is 4.57 Å². The van der Waals surface area contributed by atoms with Gasteiger partial charge in [0.25, 0.3) is 5.56 Å². The molecule has 1 saturated heterocycles. The molecule has 0 saturated carbocycles. The number of methoxy groups -OCH3 is 1. The minimum Gasteiger partial charge on any atom is -0.493 e. The van der Waals surface area contributed by atoms with Crippen LogP contribution >= 0.6 is 0 Å². The van der Waals surface area contributed by atoms with Gasteiger partial charge >= 0.3 is 5.97 Å². The monoisotopic (exact) mass is 415 g/mol. The van der Waals surface area contributed by atoms with Crippen LogP contribution in [0.2, 0.25) is 0 Å². The van der Waals surface area contributed by atoms with Crippen molar-refractivity contribution in [3.8, 4) is 28.5 Å². The van der Waals surface area contributed by atoms with Crippen molar-refractivity contribution in [2.45, 2.75) is 32.9 Å². The van der Waals surface area contributed by atoms with Crippen LogP contribution in [-0.4, -0.2) is 50.2 Å². The van der Waals surface area contributed by atoms with Crippen molar-refractivity contribution >= 4 is 5.97 Å². The molecule has 4 rings (SSSR count). The van der Waals surface area contributed by atoms with E-state index in [1.54, 1.807) is 4.57 Å². The lowest BCUT2D eigenvalue weighted by atomic mass is 9.93. The van der Waals surface area contributed by atoms with E-state index in [1.165, 1.54) is 20.1 Å². The van der Waals surface area contributed by atoms with E-state index in [0.717, 1.165) is 22.4 Å². The van der Waals surface area contributed by atoms with Gasteiger partial charge in [0.2, 0.25) is 0 Å². The van der Waals surface area contributed by atoms with Gasteiger partial charge in [-0.1, -0.05) is 0 Å². The number of carbonyl (C=O) groups excluding carboxylic acids is 1. The molecule has 2 aromatic rings. The summed E-state index contributed by atoms with van der Waals surface area (Å²) in [5, 5.41) is 0. The molecule has 2 aliphatic heterocycles. The number of esters is 1. The molecular formula is C22H25NO7. The molecule has 8 nitrogen and oxygen atoms in total. The topological polar surface area (TPSA) is 85.2 Å². The quantitative estimate of drug-likeness (QED) is 0.546. The number of nitrogens with zero attached hydrogens (tertiary/aromatic N) is 1. The van der Waals surface area contributed by atoms with E-state index in [9.17, 15) is 9.59 Å². The molecule has 1 atom stereocenters. The fraction of sp³-hybridized carbons (Fsp3) is 0.455. The first-order valence-corrected chi connectivity index (χ1v) is 9.94. The molecule has 1 aromatic heterocycles. The highest BCUT2D eigenvalue weighted by molar-refractivity contribution is 5.76. The van der Waals surface area contributed by atoms with Crippen LogP contribution in [0.3, 0.4) is 0 Å². The van der Waals surface area contributed by atoms with Crippen LogP contribution < -0.4 is 19.8 Å². The van der Waals surface area contributed by atoms with Gasteiger partial charge in [-0.25, -0.2) is 0 Å². The predicted octanol–water partition coefficient (Wildman–Crippen LogP) is 2.11. The lowest BCUT2D eigenvalue weighted by Crippen LogP contribution is -2.34. The van der Waals surface area contributed by atoms with Crippen LogP contribution in [0.5, 0.6) is 17.2 Å². The molecule has 0 aliphatic carbocycles. The molecule has 0 N–H and O–H groups in total. The van der Waals surface area contributed by atoms with E-state index in [-0.39, 0.29) is 11.7 Å². The third-order valence-electron chi connectivity index (χ3n) is 5.33. The molecule has 3 heterocycles. The van der Waals surface area contributed by atoms with E-state index in [4.69, 9.17) is 23.7 Å². The van der Waals surface area contributed by atoms with Crippen LogP contribution in [0.25, 0.3) is 11.3 Å². The van der Waals surface area contributed by atoms with Gasteiger partial charge in [0, 0.05) is 30.7 Å². The lowest BCUT2D eigenvalue weighted by Gasteiger charge is -2.27. The molecule has 2 aliphatic rings. The van der Waals surface area contributed by atoms with Crippen molar-refractivity contribution < 1.29 is 28.5 Å². The van der Waals surface area contributed by atoms with E-state index in [1.807, 2.05) is 19.1 Å². The summed E-state index contributed by atoms with van der Waals surface area (Å²) < 4.78 is 29.4. The Labute approximate surface area is 174 Å². The smallest absolute Gasteiger partial charge is 0.308 e. The fourth-order valence-corrected chi connectivity index (χ4v) is 3.92. The van der Waals surface area contributed by atoms with Gasteiger partial charge < -0.3 is 28.3 Å². The molecule has 0 unspecified atom stereocenters. The normalized spacial score (nSPS) is 17.6. The molecular weight excluding hydrogens is 390 g/mol. The van der Waals surface area contributed by atoms with Crippen LogP contribution in [0, 0.1) is 6.92 Å². The maximum atomic E-state index is 12.8. The van der Waals surface area contributed by atoms with Gasteiger partial charge in [-0.15, -0.1) is 0 Å². The van der Waals surface area contributed by atoms with Crippen molar-refractivity contribution in [3.63, 3.8) is 0 Å². The molecule has 160 valence electrons. The average molecular weight is 415 g/mol. The first-order chi connectivity index (χ1) is 14.5. The van der Waals surface area contributed by atoms with Gasteiger partial charge in [0.05, 0.1) is 32.6 Å². The Balaban J connectivity index is 1.72. The molecule has 0 amide bonds. The third kappa shape index (κ3) is 3.93. The van der Waals surface area contributed by atoms with E-state index in [2.05, 4.69) is 0 Å². The summed E-state index contributed by atoms with van der Waals surface area (Å²) in [6.07, 6.45) is 0.489. The van der Waals surface area contributed by atoms with Crippen molar-refractivity contribution in [2.24, 2.45) is 0 Å². The second-order valence-corrected chi connectivity index (χ2v) is 7.35. The Morgan fingerprint density at radius 2 is 2.03 bits per heavy atom. The molecule has 1 fully saturated rings. The maximum absolute atomic E-state index is 12.8. The number of aryl methyl sites for hydroxylation is 1. The number of rotatable bonds is 5. The summed E-state index contributed by atoms with van der Waals surface area (Å²) >= 11 is 0. The van der Waals surface area contributed by atoms with E-state index >= 15 is 0 Å². The standard InChI is InChI=1S/C22H25NO7/c1-13-18(29-12-16-11-27-6-7-28-16)10-21(25)23-5-4-15-8-20(30-14(2)24)19(26-3)9-17(15)22(13)23/h8-10,16H,4-7,11-12H2,1-3H3/t16-/m0/s1. The highest BCUT2D eigenvalue weighted by Gasteiger charge is 2.25. The Morgan fingerprint density at radius 3 is 2.73 bits per heavy atom. The number of benzene rings is 1. The van der Waals surface area contributed by atoms with Crippen molar-refractivity contribution in [2.75, 3.05) is 33.5 Å². The Kier molecular flexibility index (Phi) is 5.78. The van der Waals surface area contributed by atoms with E-state index < -0.39 is 5.97 Å². The Morgan fingerprint density at radius 1 is 1.20 bits per heavy atom. The number of hydrogen-bond donors (Lipinski definition) is 0. The number of carbonyl (C=O) groups is 1. The minimum atomic E-state index is -0.415. The minimum absolute atomic E-state index is 0.125. The summed E-state index contributed by atoms with van der Waals surface area (Å²) in [6.45, 7) is 5.73. The van der Waals surface area contributed by atoms with Gasteiger partial charge in [0.15, 0.2) is 11.5 Å². The number of ether oxygens (including phenoxy) is 5. The largest absolute Gasteiger partial charge is 0.493 e. The number of hydrogen-bond acceptors (Lipinski definition) is 7. The molecule has 1 aromatic carbocycles. The Hall–Kier alpha value is -2.84. The van der Waals surface area contributed by atoms with Crippen molar-refractivity contribution in [3.05, 3.63) is 39.7 Å². The highest BCUT2D eigenvalue weighted by atomic mass is 16.6. The molecule has 0 spiro atoms. The van der Waals surface area contributed by atoms with Gasteiger partial charge in [-0.2, -0.15) is 0 Å². The van der Waals surface area contributed by atoms with Crippen LogP contribution in [-0.2, 0) is 27.2 Å². The summed E-state index contributed by atoms with van der Waals surface area (Å²) in [5.74, 6) is 0.917. The van der Waals surface area contributed by atoms with Crippen LogP contribution in [0.4, 0.5) is 0 Å². The van der Waals surface area contributed by atoms with Crippen LogP contribution in [0.1, 0.15) is 18.1 Å². The first kappa shape index (κ1) is 20.4. The third-order valence-corrected chi connectivity index (χ3v) is 5.33. The number of aromatic nitrogens is 1. The number of pyridine rings is 1. The molecule has 0 bridgehead atoms. The van der Waals surface area contributed by atoms with Gasteiger partial charge in [-0.3, -0.25) is 9.59 Å². The summed E-state index contributed by atoms with van der Waals surface area (Å²) in [5.41, 5.74) is 3.36. The zero-order chi connectivity index (χ0) is 21.3.